The number of allylic oxidation sites excluding steroid dienone is 17. The van der Waals surface area contributed by atoms with E-state index in [1.54, 1.807) is 0 Å². The van der Waals surface area contributed by atoms with Crippen molar-refractivity contribution >= 4 is 17.2 Å². The van der Waals surface area contributed by atoms with Gasteiger partial charge in [0.1, 0.15) is 0 Å². The van der Waals surface area contributed by atoms with E-state index < -0.39 is 0 Å². The van der Waals surface area contributed by atoms with Gasteiger partial charge in [0.15, 0.2) is 0 Å². The maximum absolute atomic E-state index is 4.66. The minimum absolute atomic E-state index is 0.291. The molecule has 47 heavy (non-hydrogen) atoms. The third kappa shape index (κ3) is 11.3. The molecule has 0 aliphatic heterocycles. The lowest BCUT2D eigenvalue weighted by molar-refractivity contribution is 0.377. The van der Waals surface area contributed by atoms with Crippen molar-refractivity contribution in [1.29, 1.82) is 0 Å². The van der Waals surface area contributed by atoms with Gasteiger partial charge in [-0.1, -0.05) is 181 Å². The van der Waals surface area contributed by atoms with Gasteiger partial charge in [0.05, 0.1) is 0 Å². The second-order valence-corrected chi connectivity index (χ2v) is 13.5. The van der Waals surface area contributed by atoms with Crippen molar-refractivity contribution in [2.75, 3.05) is 0 Å². The summed E-state index contributed by atoms with van der Waals surface area (Å²) in [6.07, 6.45) is 29.7. The van der Waals surface area contributed by atoms with Crippen LogP contribution in [0.25, 0.3) is 17.2 Å². The Morgan fingerprint density at radius 1 is 0.915 bits per heavy atom. The Hall–Kier alpha value is -4.68. The van der Waals surface area contributed by atoms with E-state index in [-0.39, 0.29) is 0 Å². The maximum Gasteiger partial charge on any atom is -0.00730 e. The van der Waals surface area contributed by atoms with Gasteiger partial charge < -0.3 is 0 Å². The zero-order valence-electron chi connectivity index (χ0n) is 29.5. The Bertz CT molecular complexity index is 1700. The molecule has 3 rings (SSSR count). The van der Waals surface area contributed by atoms with E-state index in [0.29, 0.717) is 5.41 Å². The van der Waals surface area contributed by atoms with Crippen molar-refractivity contribution in [2.45, 2.75) is 66.7 Å². The lowest BCUT2D eigenvalue weighted by atomic mass is 9.83. The minimum atomic E-state index is 0.291. The molecular weight excluding hydrogens is 565 g/mol. The standard InChI is InChI=1S/C47H54/c1-11-14-23-41-34-43(29-27-37(41)6)46(40(13-3)28-26-35(4)32-36(5)30-31-47(8,9)10)45-25-19-18-24-44(45)38(7)42(20-12-2)33-39-21-16-15-17-22-39/h11-12,14-21,23-29,33-34H,1-2,4-5,7,13,22,30-32H2,3,6,8-10H3/b23-14-,28-26-,39-33-,42-20+,46-40+. The molecule has 0 saturated heterocycles. The lowest BCUT2D eigenvalue weighted by Crippen LogP contribution is -2.04. The summed E-state index contributed by atoms with van der Waals surface area (Å²) in [7, 11) is 0. The van der Waals surface area contributed by atoms with Crippen LogP contribution in [0.2, 0.25) is 0 Å². The summed E-state index contributed by atoms with van der Waals surface area (Å²) in [6, 6.07) is 15.4. The molecule has 0 heteroatoms. The maximum atomic E-state index is 4.66. The van der Waals surface area contributed by atoms with Crippen molar-refractivity contribution < 1.29 is 0 Å². The predicted octanol–water partition coefficient (Wildman–Crippen LogP) is 13.9. The van der Waals surface area contributed by atoms with Crippen LogP contribution in [0, 0.1) is 12.3 Å². The van der Waals surface area contributed by atoms with Gasteiger partial charge in [-0.3, -0.25) is 0 Å². The highest BCUT2D eigenvalue weighted by Gasteiger charge is 2.18. The molecule has 0 heterocycles. The molecule has 1 aliphatic rings. The molecule has 0 radical (unpaired) electrons. The quantitative estimate of drug-likeness (QED) is 0.138. The van der Waals surface area contributed by atoms with Crippen molar-refractivity contribution in [3.05, 3.63) is 198 Å². The molecule has 0 nitrogen and oxygen atoms in total. The van der Waals surface area contributed by atoms with Crippen molar-refractivity contribution in [3.8, 4) is 0 Å². The van der Waals surface area contributed by atoms with E-state index in [0.717, 1.165) is 65.5 Å². The molecule has 2 aromatic rings. The SMILES string of the molecule is C=C/C=C\c1cc(/C(=C(\C=C/C(=C)CC(=C)CCC(C)(C)C)CC)c2ccccc2C(=C)C(/C=C2/C=CC=CC2)=C/C=C)ccc1C. The van der Waals surface area contributed by atoms with Crippen LogP contribution in [-0.4, -0.2) is 0 Å². The topological polar surface area (TPSA) is 0 Å². The zero-order valence-corrected chi connectivity index (χ0v) is 29.5. The number of rotatable bonds is 15. The van der Waals surface area contributed by atoms with Crippen LogP contribution < -0.4 is 0 Å². The fraction of sp³-hybridized carbons (Fsp3) is 0.234. The van der Waals surface area contributed by atoms with Crippen LogP contribution >= 0.6 is 0 Å². The molecular formula is C47H54. The summed E-state index contributed by atoms with van der Waals surface area (Å²) >= 11 is 0. The highest BCUT2D eigenvalue weighted by atomic mass is 14.2. The van der Waals surface area contributed by atoms with Crippen LogP contribution in [0.4, 0.5) is 0 Å². The van der Waals surface area contributed by atoms with E-state index in [1.807, 2.05) is 18.2 Å². The first-order valence-electron chi connectivity index (χ1n) is 16.8. The summed E-state index contributed by atoms with van der Waals surface area (Å²) in [4.78, 5) is 0. The van der Waals surface area contributed by atoms with Gasteiger partial charge in [0.2, 0.25) is 0 Å². The largest absolute Gasteiger partial charge is 0.0995 e. The third-order valence-electron chi connectivity index (χ3n) is 8.33. The van der Waals surface area contributed by atoms with Gasteiger partial charge in [-0.05, 0) is 106 Å². The van der Waals surface area contributed by atoms with Crippen molar-refractivity contribution in [2.24, 2.45) is 5.41 Å². The molecule has 0 aromatic heterocycles. The molecule has 242 valence electrons. The highest BCUT2D eigenvalue weighted by molar-refractivity contribution is 5.93. The fourth-order valence-corrected chi connectivity index (χ4v) is 5.60. The highest BCUT2D eigenvalue weighted by Crippen LogP contribution is 2.38. The Morgan fingerprint density at radius 2 is 1.66 bits per heavy atom. The van der Waals surface area contributed by atoms with Crippen LogP contribution in [0.15, 0.2) is 170 Å². The van der Waals surface area contributed by atoms with Gasteiger partial charge in [0, 0.05) is 0 Å². The van der Waals surface area contributed by atoms with E-state index in [4.69, 9.17) is 0 Å². The van der Waals surface area contributed by atoms with Crippen LogP contribution in [-0.2, 0) is 0 Å². The summed E-state index contributed by atoms with van der Waals surface area (Å²) in [5.41, 5.74) is 14.1. The fourth-order valence-electron chi connectivity index (χ4n) is 5.60. The van der Waals surface area contributed by atoms with Gasteiger partial charge >= 0.3 is 0 Å². The van der Waals surface area contributed by atoms with Gasteiger partial charge in [0.25, 0.3) is 0 Å². The van der Waals surface area contributed by atoms with Gasteiger partial charge in [-0.25, -0.2) is 0 Å². The summed E-state index contributed by atoms with van der Waals surface area (Å²) < 4.78 is 0. The van der Waals surface area contributed by atoms with E-state index >= 15 is 0 Å². The number of benzene rings is 2. The van der Waals surface area contributed by atoms with Gasteiger partial charge in [-0.15, -0.1) is 0 Å². The minimum Gasteiger partial charge on any atom is -0.0995 e. The van der Waals surface area contributed by atoms with Crippen LogP contribution in [0.5, 0.6) is 0 Å². The third-order valence-corrected chi connectivity index (χ3v) is 8.33. The predicted molar refractivity (Wildman–Crippen MR) is 212 cm³/mol. The first-order chi connectivity index (χ1) is 22.5. The zero-order chi connectivity index (χ0) is 34.4. The van der Waals surface area contributed by atoms with E-state index in [1.165, 1.54) is 33.4 Å². The normalized spacial score (nSPS) is 14.9. The molecule has 2 aromatic carbocycles. The molecule has 0 amide bonds. The van der Waals surface area contributed by atoms with Crippen LogP contribution in [0.3, 0.4) is 0 Å². The van der Waals surface area contributed by atoms with Gasteiger partial charge in [-0.2, -0.15) is 0 Å². The molecule has 1 aliphatic carbocycles. The molecule has 0 atom stereocenters. The first kappa shape index (κ1) is 36.8. The summed E-state index contributed by atoms with van der Waals surface area (Å²) in [6.45, 7) is 32.6. The Labute approximate surface area is 286 Å². The molecule has 0 spiro atoms. The van der Waals surface area contributed by atoms with E-state index in [2.05, 4.69) is 165 Å². The molecule has 0 unspecified atom stereocenters. The Kier molecular flexibility index (Phi) is 14.0. The molecule has 0 fully saturated rings. The monoisotopic (exact) mass is 618 g/mol. The summed E-state index contributed by atoms with van der Waals surface area (Å²) in [5, 5.41) is 0. The molecule has 0 N–H and O–H groups in total. The Morgan fingerprint density at radius 3 is 2.30 bits per heavy atom. The number of hydrogen-bond acceptors (Lipinski definition) is 0. The smallest absolute Gasteiger partial charge is 0.00730 e. The average molecular weight is 619 g/mol. The molecule has 0 saturated carbocycles. The van der Waals surface area contributed by atoms with Crippen LogP contribution in [0.1, 0.15) is 87.6 Å². The van der Waals surface area contributed by atoms with Crippen molar-refractivity contribution in [3.63, 3.8) is 0 Å². The number of aryl methyl sites for hydroxylation is 1. The summed E-state index contributed by atoms with van der Waals surface area (Å²) in [5.74, 6) is 0. The second kappa shape index (κ2) is 17.9. The average Bonchev–Trinajstić information content (AvgIpc) is 3.05. The lowest BCUT2D eigenvalue weighted by Gasteiger charge is -2.20. The number of hydrogen-bond donors (Lipinski definition) is 0. The first-order valence-corrected chi connectivity index (χ1v) is 16.8. The molecule has 0 bridgehead atoms. The van der Waals surface area contributed by atoms with E-state index in [9.17, 15) is 0 Å². The second-order valence-electron chi connectivity index (χ2n) is 13.5. The van der Waals surface area contributed by atoms with Crippen molar-refractivity contribution in [1.82, 2.24) is 0 Å². The Balaban J connectivity index is 2.19.